The second-order valence-corrected chi connectivity index (χ2v) is 6.05. The van der Waals surface area contributed by atoms with E-state index in [1.807, 2.05) is 6.92 Å². The van der Waals surface area contributed by atoms with E-state index in [4.69, 9.17) is 5.73 Å². The van der Waals surface area contributed by atoms with Crippen LogP contribution in [0.1, 0.15) is 12.0 Å². The van der Waals surface area contributed by atoms with Crippen LogP contribution in [0.2, 0.25) is 0 Å². The smallest absolute Gasteiger partial charge is 0.221 e. The number of benzene rings is 1. The van der Waals surface area contributed by atoms with E-state index >= 15 is 0 Å². The van der Waals surface area contributed by atoms with Gasteiger partial charge in [0, 0.05) is 44.1 Å². The number of hydrogen-bond donors (Lipinski definition) is 1. The molecular weight excluding hydrogens is 274 g/mol. The predicted octanol–water partition coefficient (Wildman–Crippen LogP) is 2.33. The number of aryl methyl sites for hydroxylation is 1. The number of nitrogens with zero attached hydrogens (tertiary/aromatic N) is 4. The topological polar surface area (TPSA) is 58.3 Å². The first-order valence-corrected chi connectivity index (χ1v) is 7.73. The minimum atomic E-state index is 0.338. The molecule has 0 radical (unpaired) electrons. The van der Waals surface area contributed by atoms with E-state index in [-0.39, 0.29) is 0 Å². The molecule has 5 heteroatoms. The summed E-state index contributed by atoms with van der Waals surface area (Å²) in [5.74, 6) is 1.91. The maximum Gasteiger partial charge on any atom is 0.221 e. The monoisotopic (exact) mass is 297 g/mol. The summed E-state index contributed by atoms with van der Waals surface area (Å²) in [7, 11) is 2.08. The van der Waals surface area contributed by atoms with Crippen LogP contribution in [0, 0.1) is 12.8 Å². The molecule has 22 heavy (non-hydrogen) atoms. The van der Waals surface area contributed by atoms with Crippen LogP contribution in [-0.2, 0) is 0 Å². The minimum Gasteiger partial charge on any atom is -0.371 e. The molecule has 0 spiro atoms. The van der Waals surface area contributed by atoms with Gasteiger partial charge < -0.3 is 15.5 Å². The maximum atomic E-state index is 5.71. The second kappa shape index (κ2) is 6.22. The first-order chi connectivity index (χ1) is 10.6. The van der Waals surface area contributed by atoms with Gasteiger partial charge in [-0.25, -0.2) is 4.98 Å². The van der Waals surface area contributed by atoms with E-state index in [0.717, 1.165) is 31.0 Å². The van der Waals surface area contributed by atoms with Crippen LogP contribution in [0.3, 0.4) is 0 Å². The average Bonchev–Trinajstić information content (AvgIpc) is 2.99. The quantitative estimate of drug-likeness (QED) is 0.938. The molecule has 1 aliphatic rings. The molecule has 5 nitrogen and oxygen atoms in total. The van der Waals surface area contributed by atoms with E-state index in [9.17, 15) is 0 Å². The van der Waals surface area contributed by atoms with Crippen molar-refractivity contribution in [1.29, 1.82) is 0 Å². The van der Waals surface area contributed by atoms with Gasteiger partial charge >= 0.3 is 0 Å². The summed E-state index contributed by atoms with van der Waals surface area (Å²) in [4.78, 5) is 13.1. The Balaban J connectivity index is 1.63. The molecule has 1 saturated heterocycles. The maximum absolute atomic E-state index is 5.71. The molecule has 2 heterocycles. The lowest BCUT2D eigenvalue weighted by atomic mass is 10.1. The molecule has 2 N–H and O–H groups in total. The highest BCUT2D eigenvalue weighted by molar-refractivity contribution is 5.49. The highest BCUT2D eigenvalue weighted by Gasteiger charge is 2.24. The molecule has 1 fully saturated rings. The van der Waals surface area contributed by atoms with Gasteiger partial charge in [-0.3, -0.25) is 0 Å². The minimum absolute atomic E-state index is 0.338. The van der Waals surface area contributed by atoms with Gasteiger partial charge in [0.2, 0.25) is 5.95 Å². The van der Waals surface area contributed by atoms with Gasteiger partial charge in [0.05, 0.1) is 0 Å². The van der Waals surface area contributed by atoms with Crippen molar-refractivity contribution in [3.8, 4) is 0 Å². The van der Waals surface area contributed by atoms with Gasteiger partial charge in [-0.15, -0.1) is 0 Å². The Morgan fingerprint density at radius 2 is 2.09 bits per heavy atom. The second-order valence-electron chi connectivity index (χ2n) is 6.05. The Kier molecular flexibility index (Phi) is 4.13. The van der Waals surface area contributed by atoms with Crippen molar-refractivity contribution in [1.82, 2.24) is 9.97 Å². The summed E-state index contributed by atoms with van der Waals surface area (Å²) in [5, 5.41) is 0. The van der Waals surface area contributed by atoms with Gasteiger partial charge in [-0.1, -0.05) is 18.2 Å². The van der Waals surface area contributed by atoms with Gasteiger partial charge in [0.1, 0.15) is 5.82 Å². The van der Waals surface area contributed by atoms with Gasteiger partial charge in [-0.2, -0.15) is 4.98 Å². The molecule has 3 rings (SSSR count). The fourth-order valence-corrected chi connectivity index (χ4v) is 3.16. The molecule has 1 atom stereocenters. The lowest BCUT2D eigenvalue weighted by Crippen LogP contribution is -2.29. The molecule has 0 amide bonds. The standard InChI is InChI=1S/C17H23N5/c1-13-10-19-17(18)20-16(13)21(2)11-14-8-9-22(12-14)15-6-4-3-5-7-15/h3-7,10,14H,8-9,11-12H2,1-2H3,(H2,18,19,20)/t14-/m0/s1. The fraction of sp³-hybridized carbons (Fsp3) is 0.412. The zero-order chi connectivity index (χ0) is 15.5. The lowest BCUT2D eigenvalue weighted by Gasteiger charge is -2.24. The Morgan fingerprint density at radius 1 is 1.32 bits per heavy atom. The zero-order valence-corrected chi connectivity index (χ0v) is 13.2. The highest BCUT2D eigenvalue weighted by Crippen LogP contribution is 2.25. The Bertz CT molecular complexity index is 628. The van der Waals surface area contributed by atoms with Crippen LogP contribution in [0.15, 0.2) is 36.5 Å². The SMILES string of the molecule is Cc1cnc(N)nc1N(C)C[C@@H]1CCN(c2ccccc2)C1. The molecule has 0 unspecified atom stereocenters. The summed E-state index contributed by atoms with van der Waals surface area (Å²) in [6.07, 6.45) is 3.00. The molecule has 0 bridgehead atoms. The van der Waals surface area contributed by atoms with Crippen molar-refractivity contribution in [3.05, 3.63) is 42.1 Å². The number of nitrogens with two attached hydrogens (primary N) is 1. The third-order valence-electron chi connectivity index (χ3n) is 4.26. The average molecular weight is 297 g/mol. The molecular formula is C17H23N5. The molecule has 116 valence electrons. The summed E-state index contributed by atoms with van der Waals surface area (Å²) < 4.78 is 0. The van der Waals surface area contributed by atoms with Crippen LogP contribution >= 0.6 is 0 Å². The molecule has 2 aromatic rings. The molecule has 1 aromatic heterocycles. The fourth-order valence-electron chi connectivity index (χ4n) is 3.16. The van der Waals surface area contributed by atoms with Crippen molar-refractivity contribution in [3.63, 3.8) is 0 Å². The molecule has 1 aromatic carbocycles. The Morgan fingerprint density at radius 3 is 2.86 bits per heavy atom. The zero-order valence-electron chi connectivity index (χ0n) is 13.2. The molecule has 0 saturated carbocycles. The Labute approximate surface area is 131 Å². The number of rotatable bonds is 4. The van der Waals surface area contributed by atoms with E-state index < -0.39 is 0 Å². The van der Waals surface area contributed by atoms with Crippen LogP contribution in [0.4, 0.5) is 17.5 Å². The van der Waals surface area contributed by atoms with E-state index in [0.29, 0.717) is 11.9 Å². The summed E-state index contributed by atoms with van der Waals surface area (Å²) in [5.41, 5.74) is 8.09. The van der Waals surface area contributed by atoms with E-state index in [1.54, 1.807) is 6.20 Å². The van der Waals surface area contributed by atoms with Crippen molar-refractivity contribution in [2.45, 2.75) is 13.3 Å². The summed E-state index contributed by atoms with van der Waals surface area (Å²) in [6.45, 7) is 5.22. The first-order valence-electron chi connectivity index (χ1n) is 7.73. The van der Waals surface area contributed by atoms with Gasteiger partial charge in [-0.05, 0) is 31.4 Å². The Hall–Kier alpha value is -2.30. The van der Waals surface area contributed by atoms with Crippen LogP contribution in [-0.4, -0.2) is 36.6 Å². The largest absolute Gasteiger partial charge is 0.371 e. The third-order valence-corrected chi connectivity index (χ3v) is 4.26. The predicted molar refractivity (Wildman–Crippen MR) is 91.2 cm³/mol. The normalized spacial score (nSPS) is 17.7. The number of para-hydroxylation sites is 1. The number of nitrogen functional groups attached to an aromatic ring is 1. The van der Waals surface area contributed by atoms with Gasteiger partial charge in [0.15, 0.2) is 0 Å². The number of hydrogen-bond acceptors (Lipinski definition) is 5. The van der Waals surface area contributed by atoms with Crippen LogP contribution in [0.5, 0.6) is 0 Å². The van der Waals surface area contributed by atoms with Crippen molar-refractivity contribution in [2.24, 2.45) is 5.92 Å². The van der Waals surface area contributed by atoms with E-state index in [2.05, 4.69) is 57.1 Å². The molecule has 0 aliphatic carbocycles. The highest BCUT2D eigenvalue weighted by atomic mass is 15.2. The summed E-state index contributed by atoms with van der Waals surface area (Å²) in [6, 6.07) is 10.6. The molecule has 1 aliphatic heterocycles. The van der Waals surface area contributed by atoms with Gasteiger partial charge in [0.25, 0.3) is 0 Å². The van der Waals surface area contributed by atoms with Crippen molar-refractivity contribution in [2.75, 3.05) is 42.2 Å². The summed E-state index contributed by atoms with van der Waals surface area (Å²) >= 11 is 0. The van der Waals surface area contributed by atoms with E-state index in [1.165, 1.54) is 12.1 Å². The first kappa shape index (κ1) is 14.6. The van der Waals surface area contributed by atoms with Crippen molar-refractivity contribution >= 4 is 17.5 Å². The third kappa shape index (κ3) is 3.13. The number of anilines is 3. The van der Waals surface area contributed by atoms with Crippen LogP contribution < -0.4 is 15.5 Å². The van der Waals surface area contributed by atoms with Crippen molar-refractivity contribution < 1.29 is 0 Å². The lowest BCUT2D eigenvalue weighted by molar-refractivity contribution is 0.581. The van der Waals surface area contributed by atoms with Crippen LogP contribution in [0.25, 0.3) is 0 Å². The number of aromatic nitrogens is 2.